The number of ether oxygens (including phenoxy) is 1. The molecule has 0 saturated carbocycles. The van der Waals surface area contributed by atoms with Crippen LogP contribution in [0.25, 0.3) is 0 Å². The van der Waals surface area contributed by atoms with Crippen molar-refractivity contribution in [3.05, 3.63) is 16.1 Å². The van der Waals surface area contributed by atoms with Crippen LogP contribution in [-0.4, -0.2) is 54.3 Å². The number of aryl methyl sites for hydroxylation is 1. The van der Waals surface area contributed by atoms with E-state index in [1.54, 1.807) is 23.2 Å². The maximum absolute atomic E-state index is 11.9. The van der Waals surface area contributed by atoms with Gasteiger partial charge in [-0.2, -0.15) is 0 Å². The van der Waals surface area contributed by atoms with Crippen LogP contribution in [0, 0.1) is 0 Å². The monoisotopic (exact) mass is 354 g/mol. The average Bonchev–Trinajstić information content (AvgIpc) is 3.04. The Labute approximate surface area is 146 Å². The number of carbonyl (C=O) groups excluding carboxylic acids is 2. The Kier molecular flexibility index (Phi) is 7.30. The maximum Gasteiger partial charge on any atom is 0.409 e. The van der Waals surface area contributed by atoms with E-state index in [2.05, 4.69) is 22.5 Å². The van der Waals surface area contributed by atoms with Crippen LogP contribution in [0.4, 0.5) is 9.59 Å². The standard InChI is InChI=1S/C16H26N4O3S/c1-3-14-18-13(11-24-14)5-8-17-15(21)19-12-6-9-20(10-7-12)16(22)23-4-2/h11-12H,3-10H2,1-2H3,(H2,17,19,21). The van der Waals surface area contributed by atoms with Gasteiger partial charge in [0.05, 0.1) is 17.3 Å². The van der Waals surface area contributed by atoms with Crippen molar-refractivity contribution >= 4 is 23.5 Å². The lowest BCUT2D eigenvalue weighted by Gasteiger charge is -2.31. The molecule has 0 spiro atoms. The van der Waals surface area contributed by atoms with Crippen molar-refractivity contribution < 1.29 is 14.3 Å². The van der Waals surface area contributed by atoms with E-state index in [1.165, 1.54) is 0 Å². The van der Waals surface area contributed by atoms with Gasteiger partial charge in [-0.1, -0.05) is 6.92 Å². The molecule has 0 radical (unpaired) electrons. The first-order valence-corrected chi connectivity index (χ1v) is 9.39. The van der Waals surface area contributed by atoms with Crippen molar-refractivity contribution in [1.82, 2.24) is 20.5 Å². The fourth-order valence-corrected chi connectivity index (χ4v) is 3.37. The Morgan fingerprint density at radius 3 is 2.75 bits per heavy atom. The van der Waals surface area contributed by atoms with Crippen molar-refractivity contribution in [3.8, 4) is 0 Å². The van der Waals surface area contributed by atoms with Crippen molar-refractivity contribution in [1.29, 1.82) is 0 Å². The molecule has 0 aromatic carbocycles. The average molecular weight is 354 g/mol. The lowest BCUT2D eigenvalue weighted by Crippen LogP contribution is -2.49. The summed E-state index contributed by atoms with van der Waals surface area (Å²) in [4.78, 5) is 29.7. The predicted molar refractivity (Wildman–Crippen MR) is 93.3 cm³/mol. The van der Waals surface area contributed by atoms with Gasteiger partial charge < -0.3 is 20.3 Å². The Morgan fingerprint density at radius 1 is 1.38 bits per heavy atom. The van der Waals surface area contributed by atoms with Gasteiger partial charge in [-0.15, -0.1) is 11.3 Å². The minimum Gasteiger partial charge on any atom is -0.450 e. The first kappa shape index (κ1) is 18.5. The summed E-state index contributed by atoms with van der Waals surface area (Å²) in [7, 11) is 0. The number of rotatable bonds is 6. The van der Waals surface area contributed by atoms with E-state index in [0.717, 1.165) is 36.4 Å². The number of urea groups is 1. The van der Waals surface area contributed by atoms with Gasteiger partial charge in [0.25, 0.3) is 0 Å². The summed E-state index contributed by atoms with van der Waals surface area (Å²) in [5.74, 6) is 0. The van der Waals surface area contributed by atoms with Crippen LogP contribution < -0.4 is 10.6 Å². The molecule has 2 N–H and O–H groups in total. The predicted octanol–water partition coefficient (Wildman–Crippen LogP) is 2.17. The summed E-state index contributed by atoms with van der Waals surface area (Å²) in [6.07, 6.45) is 2.92. The van der Waals surface area contributed by atoms with E-state index < -0.39 is 0 Å². The van der Waals surface area contributed by atoms with Crippen molar-refractivity contribution in [2.24, 2.45) is 0 Å². The summed E-state index contributed by atoms with van der Waals surface area (Å²) in [6.45, 7) is 6.07. The molecule has 8 heteroatoms. The second-order valence-electron chi connectivity index (χ2n) is 5.70. The first-order valence-electron chi connectivity index (χ1n) is 8.51. The minimum atomic E-state index is -0.268. The smallest absolute Gasteiger partial charge is 0.409 e. The van der Waals surface area contributed by atoms with E-state index in [0.29, 0.717) is 26.2 Å². The van der Waals surface area contributed by atoms with Crippen LogP contribution in [0.2, 0.25) is 0 Å². The van der Waals surface area contributed by atoms with Gasteiger partial charge in [0, 0.05) is 37.5 Å². The zero-order valence-electron chi connectivity index (χ0n) is 14.3. The fourth-order valence-electron chi connectivity index (χ4n) is 2.59. The largest absolute Gasteiger partial charge is 0.450 e. The number of likely N-dealkylation sites (tertiary alicyclic amines) is 1. The van der Waals surface area contributed by atoms with Crippen molar-refractivity contribution in [2.75, 3.05) is 26.2 Å². The Bertz CT molecular complexity index is 541. The molecule has 1 saturated heterocycles. The van der Waals surface area contributed by atoms with Gasteiger partial charge in [0.1, 0.15) is 0 Å². The molecule has 0 unspecified atom stereocenters. The highest BCUT2D eigenvalue weighted by atomic mass is 32.1. The number of thiazole rings is 1. The number of carbonyl (C=O) groups is 2. The van der Waals surface area contributed by atoms with E-state index in [-0.39, 0.29) is 18.2 Å². The molecule has 1 aromatic rings. The minimum absolute atomic E-state index is 0.0987. The molecule has 0 aliphatic carbocycles. The molecule has 0 bridgehead atoms. The van der Waals surface area contributed by atoms with E-state index in [9.17, 15) is 9.59 Å². The topological polar surface area (TPSA) is 83.6 Å². The lowest BCUT2D eigenvalue weighted by atomic mass is 10.1. The van der Waals surface area contributed by atoms with Gasteiger partial charge >= 0.3 is 12.1 Å². The third kappa shape index (κ3) is 5.67. The molecule has 0 atom stereocenters. The van der Waals surface area contributed by atoms with Crippen LogP contribution in [0.15, 0.2) is 5.38 Å². The summed E-state index contributed by atoms with van der Waals surface area (Å²) >= 11 is 1.66. The second kappa shape index (κ2) is 9.46. The number of hydrogen-bond acceptors (Lipinski definition) is 5. The molecular weight excluding hydrogens is 328 g/mol. The highest BCUT2D eigenvalue weighted by Crippen LogP contribution is 2.12. The molecular formula is C16H26N4O3S. The molecule has 2 heterocycles. The zero-order valence-corrected chi connectivity index (χ0v) is 15.2. The number of piperidine rings is 1. The fraction of sp³-hybridized carbons (Fsp3) is 0.688. The highest BCUT2D eigenvalue weighted by Gasteiger charge is 2.24. The Balaban J connectivity index is 1.62. The summed E-state index contributed by atoms with van der Waals surface area (Å²) in [6, 6.07) is -0.0582. The number of aromatic nitrogens is 1. The van der Waals surface area contributed by atoms with Crippen LogP contribution in [0.5, 0.6) is 0 Å². The normalized spacial score (nSPS) is 15.2. The van der Waals surface area contributed by atoms with Gasteiger partial charge in [-0.25, -0.2) is 14.6 Å². The highest BCUT2D eigenvalue weighted by molar-refractivity contribution is 7.09. The molecule has 1 aliphatic heterocycles. The molecule has 24 heavy (non-hydrogen) atoms. The lowest BCUT2D eigenvalue weighted by molar-refractivity contribution is 0.0957. The zero-order chi connectivity index (χ0) is 17.4. The summed E-state index contributed by atoms with van der Waals surface area (Å²) in [5.41, 5.74) is 1.03. The third-order valence-corrected chi connectivity index (χ3v) is 4.97. The van der Waals surface area contributed by atoms with Crippen LogP contribution in [-0.2, 0) is 17.6 Å². The molecule has 1 aliphatic rings. The third-order valence-electron chi connectivity index (χ3n) is 3.92. The van der Waals surface area contributed by atoms with E-state index in [4.69, 9.17) is 4.74 Å². The molecule has 1 aromatic heterocycles. The summed E-state index contributed by atoms with van der Waals surface area (Å²) in [5, 5.41) is 9.01. The number of nitrogens with one attached hydrogen (secondary N) is 2. The molecule has 134 valence electrons. The van der Waals surface area contributed by atoms with Crippen molar-refractivity contribution in [3.63, 3.8) is 0 Å². The molecule has 7 nitrogen and oxygen atoms in total. The Hall–Kier alpha value is -1.83. The quantitative estimate of drug-likeness (QED) is 0.820. The summed E-state index contributed by atoms with van der Waals surface area (Å²) < 4.78 is 4.98. The van der Waals surface area contributed by atoms with Gasteiger partial charge in [-0.05, 0) is 26.2 Å². The molecule has 1 fully saturated rings. The van der Waals surface area contributed by atoms with Crippen molar-refractivity contribution in [2.45, 2.75) is 45.6 Å². The first-order chi connectivity index (χ1) is 11.6. The van der Waals surface area contributed by atoms with Crippen LogP contribution in [0.1, 0.15) is 37.4 Å². The van der Waals surface area contributed by atoms with Gasteiger partial charge in [-0.3, -0.25) is 0 Å². The van der Waals surface area contributed by atoms with Gasteiger partial charge in [0.15, 0.2) is 0 Å². The van der Waals surface area contributed by atoms with E-state index >= 15 is 0 Å². The molecule has 2 rings (SSSR count). The second-order valence-corrected chi connectivity index (χ2v) is 6.64. The van der Waals surface area contributed by atoms with Crippen LogP contribution >= 0.6 is 11.3 Å². The van der Waals surface area contributed by atoms with E-state index in [1.807, 2.05) is 5.38 Å². The van der Waals surface area contributed by atoms with Gasteiger partial charge in [0.2, 0.25) is 0 Å². The molecule has 3 amide bonds. The number of hydrogen-bond donors (Lipinski definition) is 2. The number of nitrogens with zero attached hydrogens (tertiary/aromatic N) is 2. The SMILES string of the molecule is CCOC(=O)N1CCC(NC(=O)NCCc2csc(CC)n2)CC1. The number of amides is 3. The maximum atomic E-state index is 11.9. The Morgan fingerprint density at radius 2 is 2.12 bits per heavy atom. The van der Waals surface area contributed by atoms with Crippen LogP contribution in [0.3, 0.4) is 0 Å².